The lowest BCUT2D eigenvalue weighted by Crippen LogP contribution is -2.45. The van der Waals surface area contributed by atoms with Crippen LogP contribution in [0.15, 0.2) is 24.3 Å². The number of aliphatic hydroxyl groups excluding tert-OH is 1. The van der Waals surface area contributed by atoms with E-state index >= 15 is 0 Å². The van der Waals surface area contributed by atoms with Crippen LogP contribution >= 0.6 is 7.82 Å². The van der Waals surface area contributed by atoms with E-state index in [9.17, 15) is 19.4 Å². The number of likely N-dealkylation sites (N-methyl/N-ethyl adjacent to an activating group) is 1. The highest BCUT2D eigenvalue weighted by Crippen LogP contribution is 2.38. The molecule has 9 heteroatoms. The second-order valence-corrected chi connectivity index (χ2v) is 13.9. The Morgan fingerprint density at radius 2 is 1.33 bits per heavy atom. The summed E-state index contributed by atoms with van der Waals surface area (Å²) in [5.41, 5.74) is 0. The highest BCUT2D eigenvalue weighted by atomic mass is 31.2. The van der Waals surface area contributed by atoms with Gasteiger partial charge in [0.2, 0.25) is 5.91 Å². The van der Waals surface area contributed by atoms with Gasteiger partial charge in [-0.1, -0.05) is 115 Å². The summed E-state index contributed by atoms with van der Waals surface area (Å²) in [6, 6.07) is -0.893. The molecule has 0 radical (unpaired) electrons. The topological polar surface area (TPSA) is 108 Å². The SMILES string of the molecule is CCCCCCCC/C=C/CC/C=C/C(O)C(COP(=O)([O-])OCC[N+](C)(C)C)NC(=O)CCCCCCCCCC. The first-order valence-electron chi connectivity index (χ1n) is 16.7. The van der Waals surface area contributed by atoms with Crippen LogP contribution in [0, 0.1) is 0 Å². The molecule has 0 bridgehead atoms. The van der Waals surface area contributed by atoms with E-state index in [2.05, 4.69) is 31.3 Å². The van der Waals surface area contributed by atoms with Crippen molar-refractivity contribution in [2.45, 2.75) is 142 Å². The normalized spacial score (nSPS) is 15.3. The van der Waals surface area contributed by atoms with Crippen molar-refractivity contribution in [3.63, 3.8) is 0 Å². The predicted octanol–water partition coefficient (Wildman–Crippen LogP) is 7.21. The molecule has 0 rings (SSSR count). The molecular formula is C33H65N2O6P. The molecular weight excluding hydrogens is 551 g/mol. The van der Waals surface area contributed by atoms with Crippen LogP contribution in [0.1, 0.15) is 129 Å². The van der Waals surface area contributed by atoms with Crippen molar-refractivity contribution < 1.29 is 32.9 Å². The Bertz CT molecular complexity index is 753. The number of rotatable bonds is 29. The van der Waals surface area contributed by atoms with Crippen molar-refractivity contribution in [2.24, 2.45) is 0 Å². The van der Waals surface area contributed by atoms with E-state index in [0.29, 0.717) is 17.4 Å². The monoisotopic (exact) mass is 616 g/mol. The number of nitrogens with zero attached hydrogens (tertiary/aromatic N) is 1. The van der Waals surface area contributed by atoms with Crippen LogP contribution in [-0.2, 0) is 18.4 Å². The summed E-state index contributed by atoms with van der Waals surface area (Å²) in [4.78, 5) is 24.9. The minimum Gasteiger partial charge on any atom is -0.756 e. The van der Waals surface area contributed by atoms with Gasteiger partial charge in [-0.05, 0) is 32.1 Å². The summed E-state index contributed by atoms with van der Waals surface area (Å²) in [6.07, 6.45) is 26.6. The molecule has 3 atom stereocenters. The third-order valence-corrected chi connectivity index (χ3v) is 8.13. The average Bonchev–Trinajstić information content (AvgIpc) is 2.92. The van der Waals surface area contributed by atoms with Crippen molar-refractivity contribution in [3.05, 3.63) is 24.3 Å². The number of hydrogen-bond donors (Lipinski definition) is 2. The number of hydrogen-bond acceptors (Lipinski definition) is 6. The molecule has 0 spiro atoms. The fraction of sp³-hybridized carbons (Fsp3) is 0.848. The zero-order valence-electron chi connectivity index (χ0n) is 27.7. The Balaban J connectivity index is 4.70. The van der Waals surface area contributed by atoms with Gasteiger partial charge in [-0.25, -0.2) is 0 Å². The van der Waals surface area contributed by atoms with Crippen molar-refractivity contribution in [1.29, 1.82) is 0 Å². The first kappa shape index (κ1) is 41.0. The Kier molecular flexibility index (Phi) is 25.7. The molecule has 248 valence electrons. The number of phosphoric ester groups is 1. The fourth-order valence-corrected chi connectivity index (χ4v) is 5.12. The minimum atomic E-state index is -4.57. The van der Waals surface area contributed by atoms with Gasteiger partial charge in [0, 0.05) is 6.42 Å². The van der Waals surface area contributed by atoms with E-state index in [1.165, 1.54) is 70.6 Å². The van der Waals surface area contributed by atoms with Crippen molar-refractivity contribution in [2.75, 3.05) is 40.9 Å². The summed E-state index contributed by atoms with van der Waals surface area (Å²) in [7, 11) is 1.24. The van der Waals surface area contributed by atoms with E-state index in [1.807, 2.05) is 27.2 Å². The zero-order chi connectivity index (χ0) is 31.5. The molecule has 0 aromatic heterocycles. The lowest BCUT2D eigenvalue weighted by atomic mass is 10.1. The number of aliphatic hydroxyl groups is 1. The molecule has 0 heterocycles. The number of carbonyl (C=O) groups excluding carboxylic acids is 1. The van der Waals surface area contributed by atoms with Crippen LogP contribution in [0.25, 0.3) is 0 Å². The Hall–Kier alpha value is -1.02. The number of amides is 1. The first-order chi connectivity index (χ1) is 20.0. The van der Waals surface area contributed by atoms with Crippen LogP contribution in [0.3, 0.4) is 0 Å². The highest BCUT2D eigenvalue weighted by molar-refractivity contribution is 7.45. The molecule has 0 aromatic carbocycles. The third kappa shape index (κ3) is 27.8. The van der Waals surface area contributed by atoms with Crippen LogP contribution in [0.5, 0.6) is 0 Å². The maximum absolute atomic E-state index is 12.6. The largest absolute Gasteiger partial charge is 0.756 e. The van der Waals surface area contributed by atoms with Crippen molar-refractivity contribution in [3.8, 4) is 0 Å². The predicted molar refractivity (Wildman–Crippen MR) is 173 cm³/mol. The van der Waals surface area contributed by atoms with Crippen LogP contribution < -0.4 is 10.2 Å². The second-order valence-electron chi connectivity index (χ2n) is 12.5. The van der Waals surface area contributed by atoms with Gasteiger partial charge in [0.05, 0.1) is 39.9 Å². The maximum atomic E-state index is 12.6. The highest BCUT2D eigenvalue weighted by Gasteiger charge is 2.23. The summed E-state index contributed by atoms with van der Waals surface area (Å²) >= 11 is 0. The number of unbranched alkanes of at least 4 members (excludes halogenated alkanes) is 14. The van der Waals surface area contributed by atoms with Gasteiger partial charge >= 0.3 is 0 Å². The molecule has 1 amide bonds. The van der Waals surface area contributed by atoms with E-state index < -0.39 is 26.6 Å². The maximum Gasteiger partial charge on any atom is 0.268 e. The molecule has 0 aliphatic carbocycles. The quantitative estimate of drug-likeness (QED) is 0.0398. The summed E-state index contributed by atoms with van der Waals surface area (Å²) in [6.45, 7) is 4.53. The molecule has 0 aliphatic rings. The lowest BCUT2D eigenvalue weighted by molar-refractivity contribution is -0.870. The van der Waals surface area contributed by atoms with Gasteiger partial charge in [0.15, 0.2) is 0 Å². The summed E-state index contributed by atoms with van der Waals surface area (Å²) in [5, 5.41) is 13.6. The van der Waals surface area contributed by atoms with Gasteiger partial charge in [-0.2, -0.15) is 0 Å². The smallest absolute Gasteiger partial charge is 0.268 e. The van der Waals surface area contributed by atoms with Gasteiger partial charge in [-0.3, -0.25) is 9.36 Å². The van der Waals surface area contributed by atoms with Gasteiger partial charge < -0.3 is 28.8 Å². The molecule has 2 N–H and O–H groups in total. The van der Waals surface area contributed by atoms with E-state index in [0.717, 1.165) is 38.5 Å². The molecule has 0 aromatic rings. The number of nitrogens with one attached hydrogen (secondary N) is 1. The Morgan fingerprint density at radius 1 is 0.810 bits per heavy atom. The lowest BCUT2D eigenvalue weighted by Gasteiger charge is -2.29. The van der Waals surface area contributed by atoms with Crippen LogP contribution in [-0.4, -0.2) is 68.5 Å². The summed E-state index contributed by atoms with van der Waals surface area (Å²) < 4.78 is 22.9. The fourth-order valence-electron chi connectivity index (χ4n) is 4.40. The number of phosphoric acid groups is 1. The van der Waals surface area contributed by atoms with Crippen molar-refractivity contribution >= 4 is 13.7 Å². The molecule has 0 aliphatic heterocycles. The van der Waals surface area contributed by atoms with Gasteiger partial charge in [-0.15, -0.1) is 0 Å². The molecule has 3 unspecified atom stereocenters. The molecule has 42 heavy (non-hydrogen) atoms. The first-order valence-corrected chi connectivity index (χ1v) is 18.2. The standard InChI is InChI=1S/C33H65N2O6P/c1-6-8-10-12-14-16-17-18-19-20-22-24-26-32(36)31(30-41-42(38,39)40-29-28-35(3,4)5)34-33(37)27-25-23-21-15-13-11-9-7-2/h18-19,24,26,31-32,36H,6-17,20-23,25,27-30H2,1-5H3,(H-,34,37,38,39)/b19-18+,26-24+. The third-order valence-electron chi connectivity index (χ3n) is 7.16. The minimum absolute atomic E-state index is 0.00538. The van der Waals surface area contributed by atoms with Gasteiger partial charge in [0.1, 0.15) is 13.2 Å². The average molecular weight is 617 g/mol. The number of carbonyl (C=O) groups is 1. The molecule has 8 nitrogen and oxygen atoms in total. The molecule has 0 saturated carbocycles. The van der Waals surface area contributed by atoms with Crippen LogP contribution in [0.2, 0.25) is 0 Å². The molecule has 0 saturated heterocycles. The molecule has 0 fully saturated rings. The zero-order valence-corrected chi connectivity index (χ0v) is 28.6. The van der Waals surface area contributed by atoms with E-state index in [4.69, 9.17) is 9.05 Å². The summed E-state index contributed by atoms with van der Waals surface area (Å²) in [5.74, 6) is -0.216. The number of allylic oxidation sites excluding steroid dienone is 3. The Morgan fingerprint density at radius 3 is 1.93 bits per heavy atom. The van der Waals surface area contributed by atoms with Gasteiger partial charge in [0.25, 0.3) is 7.82 Å². The van der Waals surface area contributed by atoms with E-state index in [1.54, 1.807) is 6.08 Å². The Labute approximate surface area is 258 Å². The number of quaternary nitrogens is 1. The van der Waals surface area contributed by atoms with Crippen LogP contribution in [0.4, 0.5) is 0 Å². The van der Waals surface area contributed by atoms with Crippen molar-refractivity contribution in [1.82, 2.24) is 5.32 Å². The van der Waals surface area contributed by atoms with E-state index in [-0.39, 0.29) is 12.5 Å². The second kappa shape index (κ2) is 26.4.